The Bertz CT molecular complexity index is 365. The number of aliphatic hydroxyl groups is 1. The maximum absolute atomic E-state index is 9.36. The van der Waals surface area contributed by atoms with Crippen molar-refractivity contribution < 1.29 is 5.11 Å². The second kappa shape index (κ2) is 3.67. The first-order chi connectivity index (χ1) is 7.04. The van der Waals surface area contributed by atoms with Gasteiger partial charge in [-0.1, -0.05) is 13.8 Å². The monoisotopic (exact) mass is 206 g/mol. The van der Waals surface area contributed by atoms with E-state index in [1.54, 1.807) is 0 Å². The van der Waals surface area contributed by atoms with Gasteiger partial charge in [-0.25, -0.2) is 4.98 Å². The van der Waals surface area contributed by atoms with Crippen molar-refractivity contribution >= 4 is 7.85 Å². The van der Waals surface area contributed by atoms with Crippen molar-refractivity contribution in [2.24, 2.45) is 0 Å². The summed E-state index contributed by atoms with van der Waals surface area (Å²) in [6, 6.07) is 0. The molecular weight excluding hydrogens is 187 g/mol. The molecule has 1 aromatic rings. The van der Waals surface area contributed by atoms with E-state index in [1.165, 1.54) is 18.5 Å². The molecule has 0 aliphatic carbocycles. The molecule has 2 heterocycles. The fourth-order valence-corrected chi connectivity index (χ4v) is 2.49. The number of aromatic nitrogens is 2. The number of rotatable bonds is 2. The number of aryl methyl sites for hydroxylation is 1. The minimum absolute atomic E-state index is 0.0621. The maximum Gasteiger partial charge on any atom is 0.116 e. The molecule has 0 spiro atoms. The lowest BCUT2D eigenvalue weighted by molar-refractivity contribution is 0.274. The Balaban J connectivity index is 2.54. The van der Waals surface area contributed by atoms with Crippen molar-refractivity contribution in [1.29, 1.82) is 0 Å². The minimum atomic E-state index is 0.0621. The minimum Gasteiger partial charge on any atom is -0.390 e. The molecule has 1 N–H and O–H groups in total. The molecule has 0 saturated heterocycles. The second-order valence-corrected chi connectivity index (χ2v) is 5.34. The first kappa shape index (κ1) is 10.7. The van der Waals surface area contributed by atoms with Gasteiger partial charge in [-0.15, -0.1) is 0 Å². The molecule has 0 saturated carbocycles. The molecule has 0 atom stereocenters. The third-order valence-corrected chi connectivity index (χ3v) is 3.01. The smallest absolute Gasteiger partial charge is 0.116 e. The first-order valence-electron chi connectivity index (χ1n) is 5.73. The van der Waals surface area contributed by atoms with E-state index < -0.39 is 0 Å². The first-order valence-corrected chi connectivity index (χ1v) is 5.73. The highest BCUT2D eigenvalue weighted by molar-refractivity contribution is 6.15. The standard InChI is InChI=1S/C11H19BN2O/c1-11(2,12)10-8(7-15)13-9-5-3-4-6-14(9)10/h15H,3-7,12H2,1-2H3. The number of imidazole rings is 1. The zero-order valence-corrected chi connectivity index (χ0v) is 9.88. The summed E-state index contributed by atoms with van der Waals surface area (Å²) in [6.45, 7) is 5.50. The van der Waals surface area contributed by atoms with E-state index in [9.17, 15) is 5.11 Å². The van der Waals surface area contributed by atoms with Gasteiger partial charge in [-0.2, -0.15) is 0 Å². The Morgan fingerprint density at radius 3 is 2.80 bits per heavy atom. The van der Waals surface area contributed by atoms with Crippen molar-refractivity contribution in [3.8, 4) is 0 Å². The van der Waals surface area contributed by atoms with Gasteiger partial charge in [0.15, 0.2) is 0 Å². The van der Waals surface area contributed by atoms with Crippen LogP contribution in [-0.4, -0.2) is 22.5 Å². The zero-order valence-electron chi connectivity index (χ0n) is 9.88. The molecule has 0 radical (unpaired) electrons. The van der Waals surface area contributed by atoms with Crippen LogP contribution >= 0.6 is 0 Å². The summed E-state index contributed by atoms with van der Waals surface area (Å²) in [5, 5.41) is 9.43. The predicted molar refractivity (Wildman–Crippen MR) is 62.7 cm³/mol. The molecule has 1 aliphatic heterocycles. The predicted octanol–water partition coefficient (Wildman–Crippen LogP) is 0.580. The van der Waals surface area contributed by atoms with Gasteiger partial charge in [0.1, 0.15) is 13.7 Å². The zero-order chi connectivity index (χ0) is 11.1. The summed E-state index contributed by atoms with van der Waals surface area (Å²) in [5.41, 5.74) is 2.10. The summed E-state index contributed by atoms with van der Waals surface area (Å²) >= 11 is 0. The van der Waals surface area contributed by atoms with E-state index in [1.807, 2.05) is 0 Å². The Morgan fingerprint density at radius 2 is 2.20 bits per heavy atom. The van der Waals surface area contributed by atoms with Crippen LogP contribution < -0.4 is 0 Å². The van der Waals surface area contributed by atoms with Crippen LogP contribution in [0.4, 0.5) is 0 Å². The van der Waals surface area contributed by atoms with E-state index in [0.717, 1.165) is 24.5 Å². The lowest BCUT2D eigenvalue weighted by Crippen LogP contribution is -2.25. The molecule has 1 aromatic heterocycles. The molecular formula is C11H19BN2O. The molecule has 4 heteroatoms. The van der Waals surface area contributed by atoms with Crippen LogP contribution in [0.5, 0.6) is 0 Å². The van der Waals surface area contributed by atoms with Gasteiger partial charge in [0, 0.05) is 18.7 Å². The van der Waals surface area contributed by atoms with Crippen molar-refractivity contribution in [3.63, 3.8) is 0 Å². The van der Waals surface area contributed by atoms with E-state index >= 15 is 0 Å². The maximum atomic E-state index is 9.36. The number of fused-ring (bicyclic) bond motifs is 1. The third kappa shape index (κ3) is 1.83. The molecule has 15 heavy (non-hydrogen) atoms. The number of nitrogens with zero attached hydrogens (tertiary/aromatic N) is 2. The quantitative estimate of drug-likeness (QED) is 0.718. The third-order valence-electron chi connectivity index (χ3n) is 3.01. The van der Waals surface area contributed by atoms with Crippen LogP contribution in [0.25, 0.3) is 0 Å². The van der Waals surface area contributed by atoms with Crippen molar-refractivity contribution in [1.82, 2.24) is 9.55 Å². The van der Waals surface area contributed by atoms with Gasteiger partial charge >= 0.3 is 0 Å². The molecule has 2 rings (SSSR count). The highest BCUT2D eigenvalue weighted by Gasteiger charge is 2.27. The van der Waals surface area contributed by atoms with Gasteiger partial charge in [0.05, 0.1) is 12.3 Å². The molecule has 0 fully saturated rings. The lowest BCUT2D eigenvalue weighted by Gasteiger charge is -2.25. The van der Waals surface area contributed by atoms with Crippen LogP contribution in [-0.2, 0) is 24.9 Å². The largest absolute Gasteiger partial charge is 0.390 e. The summed E-state index contributed by atoms with van der Waals surface area (Å²) in [5.74, 6) is 1.16. The molecule has 3 nitrogen and oxygen atoms in total. The Morgan fingerprint density at radius 1 is 1.47 bits per heavy atom. The number of aliphatic hydroxyl groups excluding tert-OH is 1. The van der Waals surface area contributed by atoms with Gasteiger partial charge in [0.2, 0.25) is 0 Å². The topological polar surface area (TPSA) is 38.1 Å². The lowest BCUT2D eigenvalue weighted by atomic mass is 9.69. The highest BCUT2D eigenvalue weighted by Crippen LogP contribution is 2.28. The fourth-order valence-electron chi connectivity index (χ4n) is 2.49. The van der Waals surface area contributed by atoms with Crippen molar-refractivity contribution in [2.75, 3.05) is 0 Å². The van der Waals surface area contributed by atoms with Crippen molar-refractivity contribution in [2.45, 2.75) is 51.6 Å². The highest BCUT2D eigenvalue weighted by atomic mass is 16.3. The van der Waals surface area contributed by atoms with E-state index in [4.69, 9.17) is 0 Å². The average Bonchev–Trinajstić information content (AvgIpc) is 2.54. The second-order valence-electron chi connectivity index (χ2n) is 5.34. The van der Waals surface area contributed by atoms with E-state index in [2.05, 4.69) is 31.2 Å². The molecule has 82 valence electrons. The van der Waals surface area contributed by atoms with Crippen LogP contribution in [0.2, 0.25) is 0 Å². The summed E-state index contributed by atoms with van der Waals surface area (Å²) < 4.78 is 2.31. The number of hydrogen-bond donors (Lipinski definition) is 1. The normalized spacial score (nSPS) is 16.5. The molecule has 0 aromatic carbocycles. The van der Waals surface area contributed by atoms with Gasteiger partial charge in [-0.3, -0.25) is 0 Å². The Hall–Kier alpha value is -0.765. The molecule has 0 bridgehead atoms. The Labute approximate surface area is 91.9 Å². The molecule has 1 aliphatic rings. The fraction of sp³-hybridized carbons (Fsp3) is 0.727. The molecule has 0 amide bonds. The number of hydrogen-bond acceptors (Lipinski definition) is 2. The molecule has 0 unspecified atom stereocenters. The summed E-state index contributed by atoms with van der Waals surface area (Å²) in [4.78, 5) is 4.55. The van der Waals surface area contributed by atoms with Crippen molar-refractivity contribution in [3.05, 3.63) is 17.2 Å². The van der Waals surface area contributed by atoms with Gasteiger partial charge in [0.25, 0.3) is 0 Å². The van der Waals surface area contributed by atoms with Crippen LogP contribution in [0.1, 0.15) is 43.9 Å². The summed E-state index contributed by atoms with van der Waals surface area (Å²) in [7, 11) is 2.19. The SMILES string of the molecule is BC(C)(C)c1c(CO)nc2n1CCCC2. The van der Waals surface area contributed by atoms with E-state index in [-0.39, 0.29) is 11.9 Å². The average molecular weight is 206 g/mol. The van der Waals surface area contributed by atoms with E-state index in [0.29, 0.717) is 0 Å². The summed E-state index contributed by atoms with van der Waals surface area (Å²) in [6.07, 6.45) is 3.52. The van der Waals surface area contributed by atoms with Gasteiger partial charge in [-0.05, 0) is 18.2 Å². The van der Waals surface area contributed by atoms with Crippen LogP contribution in [0.15, 0.2) is 0 Å². The van der Waals surface area contributed by atoms with Gasteiger partial charge < -0.3 is 9.67 Å². The van der Waals surface area contributed by atoms with Crippen LogP contribution in [0, 0.1) is 0 Å². The Kier molecular flexibility index (Phi) is 2.63. The van der Waals surface area contributed by atoms with Crippen LogP contribution in [0.3, 0.4) is 0 Å².